The lowest BCUT2D eigenvalue weighted by molar-refractivity contribution is -0.127. The summed E-state index contributed by atoms with van der Waals surface area (Å²) in [5, 5.41) is 3.83. The summed E-state index contributed by atoms with van der Waals surface area (Å²) < 4.78 is 11.4. The summed E-state index contributed by atoms with van der Waals surface area (Å²) in [6.45, 7) is 1.75. The van der Waals surface area contributed by atoms with Gasteiger partial charge in [-0.2, -0.15) is 0 Å². The molecule has 2 aliphatic heterocycles. The van der Waals surface area contributed by atoms with E-state index in [1.165, 1.54) is 14.2 Å². The van der Waals surface area contributed by atoms with Crippen molar-refractivity contribution in [3.63, 3.8) is 0 Å². The first kappa shape index (κ1) is 17.7. The molecule has 2 saturated heterocycles. The molecule has 0 aromatic heterocycles. The second kappa shape index (κ2) is 6.82. The molecule has 1 aliphatic carbocycles. The summed E-state index contributed by atoms with van der Waals surface area (Å²) in [5.74, 6) is 4.58. The van der Waals surface area contributed by atoms with E-state index in [2.05, 4.69) is 17.0 Å². The first-order valence-electron chi connectivity index (χ1n) is 9.01. The molecule has 4 rings (SSSR count). The molecular weight excluding hydrogens is 346 g/mol. The van der Waals surface area contributed by atoms with E-state index in [-0.39, 0.29) is 35.6 Å². The van der Waals surface area contributed by atoms with Crippen molar-refractivity contribution in [1.82, 2.24) is 0 Å². The molecule has 3 aliphatic rings. The van der Waals surface area contributed by atoms with Crippen molar-refractivity contribution in [1.29, 1.82) is 0 Å². The minimum atomic E-state index is -0.800. The number of hydrogen-bond acceptors (Lipinski definition) is 6. The Morgan fingerprint density at radius 3 is 2.70 bits per heavy atom. The van der Waals surface area contributed by atoms with E-state index < -0.39 is 11.8 Å². The fourth-order valence-electron chi connectivity index (χ4n) is 4.77. The molecule has 6 heteroatoms. The maximum Gasteiger partial charge on any atom is 0.154 e. The molecule has 0 amide bonds. The number of carbonyl (C=O) groups excluding carboxylic acids is 2. The van der Waals surface area contributed by atoms with E-state index in [9.17, 15) is 9.59 Å². The van der Waals surface area contributed by atoms with E-state index in [1.54, 1.807) is 25.3 Å². The molecule has 1 unspecified atom stereocenters. The fourth-order valence-corrected chi connectivity index (χ4v) is 4.77. The first-order valence-corrected chi connectivity index (χ1v) is 9.01. The lowest BCUT2D eigenvalue weighted by Gasteiger charge is -2.22. The van der Waals surface area contributed by atoms with Crippen molar-refractivity contribution in [3.05, 3.63) is 29.3 Å². The van der Waals surface area contributed by atoms with Gasteiger partial charge in [0.25, 0.3) is 0 Å². The summed E-state index contributed by atoms with van der Waals surface area (Å²) in [7, 11) is 3.02. The second-order valence-electron chi connectivity index (χ2n) is 7.10. The van der Waals surface area contributed by atoms with Crippen LogP contribution < -0.4 is 4.74 Å². The highest BCUT2D eigenvalue weighted by Gasteiger charge is 2.65. The molecule has 1 aromatic carbocycles. The van der Waals surface area contributed by atoms with Crippen LogP contribution in [0.1, 0.15) is 30.4 Å². The van der Waals surface area contributed by atoms with Gasteiger partial charge in [-0.15, -0.1) is 5.92 Å². The Balaban J connectivity index is 1.67. The van der Waals surface area contributed by atoms with E-state index in [0.717, 1.165) is 5.56 Å². The van der Waals surface area contributed by atoms with E-state index in [1.807, 2.05) is 6.07 Å². The van der Waals surface area contributed by atoms with Gasteiger partial charge in [-0.1, -0.05) is 17.1 Å². The van der Waals surface area contributed by atoms with Crippen LogP contribution in [0.25, 0.3) is 0 Å². The largest absolute Gasteiger partial charge is 0.496 e. The van der Waals surface area contributed by atoms with Crippen LogP contribution in [0.5, 0.6) is 5.75 Å². The molecule has 140 valence electrons. The smallest absolute Gasteiger partial charge is 0.154 e. The van der Waals surface area contributed by atoms with Crippen molar-refractivity contribution in [2.75, 3.05) is 14.2 Å². The lowest BCUT2D eigenvalue weighted by atomic mass is 9.76. The number of fused-ring (bicyclic) bond motifs is 5. The first-order chi connectivity index (χ1) is 13.1. The van der Waals surface area contributed by atoms with E-state index in [0.29, 0.717) is 17.7 Å². The van der Waals surface area contributed by atoms with E-state index in [4.69, 9.17) is 14.3 Å². The van der Waals surface area contributed by atoms with Gasteiger partial charge in [0.2, 0.25) is 0 Å². The van der Waals surface area contributed by atoms with Gasteiger partial charge in [-0.25, -0.2) is 0 Å². The molecule has 0 radical (unpaired) electrons. The number of carbonyl (C=O) groups is 2. The van der Waals surface area contributed by atoms with Crippen LogP contribution in [0.3, 0.4) is 0 Å². The molecular formula is C21H21NO5. The molecule has 2 heterocycles. The van der Waals surface area contributed by atoms with Crippen molar-refractivity contribution in [3.8, 4) is 17.6 Å². The number of ether oxygens (including phenoxy) is 2. The summed E-state index contributed by atoms with van der Waals surface area (Å²) >= 11 is 0. The van der Waals surface area contributed by atoms with Crippen LogP contribution in [0.4, 0.5) is 0 Å². The zero-order valence-electron chi connectivity index (χ0n) is 15.5. The van der Waals surface area contributed by atoms with Crippen LogP contribution in [-0.2, 0) is 19.2 Å². The molecule has 3 fully saturated rings. The summed E-state index contributed by atoms with van der Waals surface area (Å²) in [6.07, 6.45) is 1.83. The average Bonchev–Trinajstić information content (AvgIpc) is 3.32. The number of rotatable bonds is 4. The molecule has 1 aromatic rings. The van der Waals surface area contributed by atoms with Gasteiger partial charge in [0, 0.05) is 23.3 Å². The normalized spacial score (nSPS) is 33.9. The predicted octanol–water partition coefficient (Wildman–Crippen LogP) is 1.95. The Morgan fingerprint density at radius 1 is 1.22 bits per heavy atom. The maximum atomic E-state index is 13.2. The lowest BCUT2D eigenvalue weighted by Crippen LogP contribution is -2.35. The van der Waals surface area contributed by atoms with Crippen LogP contribution >= 0.6 is 0 Å². The number of benzene rings is 1. The van der Waals surface area contributed by atoms with E-state index >= 15 is 0 Å². The summed E-state index contributed by atoms with van der Waals surface area (Å²) in [5.41, 5.74) is 1.40. The summed E-state index contributed by atoms with van der Waals surface area (Å²) in [6, 6.07) is 5.38. The Hall–Kier alpha value is -2.65. The van der Waals surface area contributed by atoms with Gasteiger partial charge in [-0.05, 0) is 25.5 Å². The van der Waals surface area contributed by atoms with Crippen LogP contribution in [0, 0.1) is 29.6 Å². The van der Waals surface area contributed by atoms with Crippen molar-refractivity contribution < 1.29 is 23.9 Å². The van der Waals surface area contributed by atoms with Gasteiger partial charge in [-0.3, -0.25) is 9.59 Å². The third kappa shape index (κ3) is 2.65. The second-order valence-corrected chi connectivity index (χ2v) is 7.10. The average molecular weight is 367 g/mol. The van der Waals surface area contributed by atoms with Crippen LogP contribution in [0.2, 0.25) is 0 Å². The van der Waals surface area contributed by atoms with Gasteiger partial charge in [0.15, 0.2) is 11.6 Å². The van der Waals surface area contributed by atoms with Gasteiger partial charge in [0.1, 0.15) is 18.8 Å². The third-order valence-electron chi connectivity index (χ3n) is 5.80. The standard InChI is InChI=1S/C21H21NO5/c1-4-5-11-6-7-13(14(8-11)25-2)16-19(23)17-15-9-12(10-22-26-3)21(27-15)18(17)20(16)24/h6-8,10,12,15-18,21H,9H2,1-3H3/b22-10+/t12-,15-,16?,17-,18+,21+/m0/s1. The molecule has 27 heavy (non-hydrogen) atoms. The highest BCUT2D eigenvalue weighted by molar-refractivity contribution is 6.17. The Bertz CT molecular complexity index is 880. The number of nitrogens with zero attached hydrogens (tertiary/aromatic N) is 1. The summed E-state index contributed by atoms with van der Waals surface area (Å²) in [4.78, 5) is 31.1. The van der Waals surface area contributed by atoms with Gasteiger partial charge < -0.3 is 14.3 Å². The van der Waals surface area contributed by atoms with Gasteiger partial charge in [0.05, 0.1) is 31.2 Å². The molecule has 1 saturated carbocycles. The van der Waals surface area contributed by atoms with Crippen molar-refractivity contribution in [2.24, 2.45) is 22.9 Å². The minimum Gasteiger partial charge on any atom is -0.496 e. The highest BCUT2D eigenvalue weighted by atomic mass is 16.6. The molecule has 2 bridgehead atoms. The van der Waals surface area contributed by atoms with Crippen LogP contribution in [0.15, 0.2) is 23.4 Å². The predicted molar refractivity (Wildman–Crippen MR) is 97.6 cm³/mol. The van der Waals surface area contributed by atoms with Gasteiger partial charge >= 0.3 is 0 Å². The number of ketones is 2. The fraction of sp³-hybridized carbons (Fsp3) is 0.476. The number of oxime groups is 1. The third-order valence-corrected chi connectivity index (χ3v) is 5.80. The van der Waals surface area contributed by atoms with Crippen LogP contribution in [-0.4, -0.2) is 44.2 Å². The Labute approximate surface area is 157 Å². The SMILES string of the molecule is CC#Cc1ccc(C2C(=O)[C@@H]3[C@@H]4O[C@@H](C[C@H]4/C=N/OC)[C@@H]3C2=O)c(OC)c1. The number of Topliss-reactive ketones (excluding diaryl/α,β-unsaturated/α-hetero) is 2. The zero-order chi connectivity index (χ0) is 19.1. The quantitative estimate of drug-likeness (QED) is 0.352. The Morgan fingerprint density at radius 2 is 2.00 bits per heavy atom. The monoisotopic (exact) mass is 367 g/mol. The Kier molecular flexibility index (Phi) is 4.48. The van der Waals surface area contributed by atoms with Crippen molar-refractivity contribution >= 4 is 17.8 Å². The number of hydrogen-bond donors (Lipinski definition) is 0. The maximum absolute atomic E-state index is 13.2. The topological polar surface area (TPSA) is 74.2 Å². The highest BCUT2D eigenvalue weighted by Crippen LogP contribution is 2.54. The molecule has 6 nitrogen and oxygen atoms in total. The zero-order valence-corrected chi connectivity index (χ0v) is 15.5. The molecule has 0 N–H and O–H groups in total. The molecule has 6 atom stereocenters. The minimum absolute atomic E-state index is 0.00389. The number of methoxy groups -OCH3 is 1. The van der Waals surface area contributed by atoms with Crippen molar-refractivity contribution in [2.45, 2.75) is 31.5 Å². The molecule has 0 spiro atoms.